The maximum Gasteiger partial charge on any atom is 0.231 e. The molecule has 0 spiro atoms. The number of aromatic nitrogens is 4. The van der Waals surface area contributed by atoms with Gasteiger partial charge in [-0.05, 0) is 24.6 Å². The van der Waals surface area contributed by atoms with Crippen molar-refractivity contribution in [2.45, 2.75) is 13.3 Å². The van der Waals surface area contributed by atoms with E-state index in [4.69, 9.17) is 23.2 Å². The molecule has 0 fully saturated rings. The molecule has 136 valence electrons. The minimum Gasteiger partial charge on any atom is -0.309 e. The van der Waals surface area contributed by atoms with Crippen molar-refractivity contribution in [2.75, 3.05) is 5.32 Å². The fourth-order valence-corrected chi connectivity index (χ4v) is 3.28. The maximum absolute atomic E-state index is 12.3. The number of carbonyl (C=O) groups excluding carboxylic acids is 1. The smallest absolute Gasteiger partial charge is 0.231 e. The molecule has 4 aromatic rings. The van der Waals surface area contributed by atoms with E-state index < -0.39 is 0 Å². The summed E-state index contributed by atoms with van der Waals surface area (Å²) in [6.45, 7) is 1.98. The van der Waals surface area contributed by atoms with E-state index in [1.165, 1.54) is 0 Å². The first-order chi connectivity index (χ1) is 13.0. The van der Waals surface area contributed by atoms with Crippen LogP contribution in [0, 0.1) is 6.92 Å². The van der Waals surface area contributed by atoms with Crippen molar-refractivity contribution in [1.29, 1.82) is 0 Å². The number of nitrogens with one attached hydrogen (secondary N) is 2. The van der Waals surface area contributed by atoms with E-state index in [2.05, 4.69) is 20.5 Å². The number of imidazole rings is 1. The lowest BCUT2D eigenvalue weighted by atomic mass is 10.1. The van der Waals surface area contributed by atoms with Gasteiger partial charge in [-0.15, -0.1) is 0 Å². The Morgan fingerprint density at radius 3 is 2.93 bits per heavy atom. The molecule has 2 N–H and O–H groups in total. The number of hydrogen-bond donors (Lipinski definition) is 2. The van der Waals surface area contributed by atoms with Crippen molar-refractivity contribution in [3.8, 4) is 11.3 Å². The molecule has 0 unspecified atom stereocenters. The summed E-state index contributed by atoms with van der Waals surface area (Å²) in [6.07, 6.45) is 3.91. The molecular formula is C19H15Cl2N5O. The zero-order valence-electron chi connectivity index (χ0n) is 14.3. The van der Waals surface area contributed by atoms with Crippen LogP contribution >= 0.6 is 23.2 Å². The van der Waals surface area contributed by atoms with E-state index >= 15 is 0 Å². The lowest BCUT2D eigenvalue weighted by Crippen LogP contribution is -2.14. The number of hydrogen-bond acceptors (Lipinski definition) is 3. The minimum absolute atomic E-state index is 0.154. The fraction of sp³-hybridized carbons (Fsp3) is 0.105. The first kappa shape index (κ1) is 17.6. The molecule has 1 aromatic carbocycles. The number of rotatable bonds is 4. The number of aromatic amines is 1. The van der Waals surface area contributed by atoms with Crippen molar-refractivity contribution in [1.82, 2.24) is 19.6 Å². The number of carbonyl (C=O) groups is 1. The molecule has 0 aliphatic carbocycles. The topological polar surface area (TPSA) is 75.1 Å². The Bertz CT molecular complexity index is 1150. The average molecular weight is 400 g/mol. The third-order valence-corrected chi connectivity index (χ3v) is 4.98. The summed E-state index contributed by atoms with van der Waals surface area (Å²) in [6, 6.07) is 11.0. The predicted molar refractivity (Wildman–Crippen MR) is 106 cm³/mol. The lowest BCUT2D eigenvalue weighted by Gasteiger charge is -2.02. The van der Waals surface area contributed by atoms with E-state index in [-0.39, 0.29) is 12.3 Å². The van der Waals surface area contributed by atoms with E-state index in [0.717, 1.165) is 11.2 Å². The zero-order valence-corrected chi connectivity index (χ0v) is 15.8. The van der Waals surface area contributed by atoms with Crippen molar-refractivity contribution in [3.05, 3.63) is 70.1 Å². The molecule has 0 saturated heterocycles. The van der Waals surface area contributed by atoms with Crippen LogP contribution in [0.2, 0.25) is 10.0 Å². The molecule has 4 rings (SSSR count). The Kier molecular flexibility index (Phi) is 4.59. The number of H-pyrrole nitrogens is 1. The first-order valence-electron chi connectivity index (χ1n) is 8.24. The molecular weight excluding hydrogens is 385 g/mol. The molecule has 0 aliphatic heterocycles. The summed E-state index contributed by atoms with van der Waals surface area (Å²) in [5.74, 6) is 0.206. The largest absolute Gasteiger partial charge is 0.309 e. The molecule has 0 aliphatic rings. The number of pyridine rings is 1. The Morgan fingerprint density at radius 1 is 1.26 bits per heavy atom. The molecule has 3 heterocycles. The maximum atomic E-state index is 12.3. The zero-order chi connectivity index (χ0) is 19.0. The normalized spacial score (nSPS) is 11.1. The number of benzene rings is 1. The highest BCUT2D eigenvalue weighted by molar-refractivity contribution is 6.43. The number of aryl methyl sites for hydroxylation is 1. The monoisotopic (exact) mass is 399 g/mol. The van der Waals surface area contributed by atoms with Crippen LogP contribution in [0.3, 0.4) is 0 Å². The van der Waals surface area contributed by atoms with Gasteiger partial charge in [0, 0.05) is 24.0 Å². The van der Waals surface area contributed by atoms with Crippen LogP contribution in [0.1, 0.15) is 11.3 Å². The minimum atomic E-state index is -0.202. The second kappa shape index (κ2) is 7.06. The van der Waals surface area contributed by atoms with Crippen LogP contribution in [0.4, 0.5) is 5.82 Å². The molecule has 1 amide bonds. The molecule has 0 bridgehead atoms. The fourth-order valence-electron chi connectivity index (χ4n) is 2.88. The quantitative estimate of drug-likeness (QED) is 0.529. The van der Waals surface area contributed by atoms with Gasteiger partial charge in [-0.1, -0.05) is 41.4 Å². The Hall–Kier alpha value is -2.83. The number of anilines is 1. The summed E-state index contributed by atoms with van der Waals surface area (Å²) in [5, 5.41) is 10.6. The van der Waals surface area contributed by atoms with Crippen LogP contribution < -0.4 is 5.32 Å². The molecule has 0 atom stereocenters. The third-order valence-electron chi connectivity index (χ3n) is 4.16. The van der Waals surface area contributed by atoms with Crippen LogP contribution in [0.15, 0.2) is 48.8 Å². The summed E-state index contributed by atoms with van der Waals surface area (Å²) < 4.78 is 1.91. The van der Waals surface area contributed by atoms with Crippen LogP contribution in [-0.2, 0) is 11.2 Å². The number of amides is 1. The highest BCUT2D eigenvalue weighted by Gasteiger charge is 2.13. The molecule has 3 aromatic heterocycles. The molecule has 6 nitrogen and oxygen atoms in total. The van der Waals surface area contributed by atoms with Gasteiger partial charge >= 0.3 is 0 Å². The Balaban J connectivity index is 1.49. The standard InChI is InChI=1S/C19H15Cl2N5O/c1-11-4-3-7-26-10-12(22-19(11)26)8-17(27)23-16-9-15(24-25-16)13-5-2-6-14(20)18(13)21/h2-7,9-10H,8H2,1H3,(H2,23,24,25,27). The second-order valence-electron chi connectivity index (χ2n) is 6.15. The van der Waals surface area contributed by atoms with E-state index in [1.807, 2.05) is 41.9 Å². The Labute approximate surface area is 165 Å². The van der Waals surface area contributed by atoms with Gasteiger partial charge in [0.1, 0.15) is 5.65 Å². The van der Waals surface area contributed by atoms with Crippen molar-refractivity contribution < 1.29 is 4.79 Å². The van der Waals surface area contributed by atoms with Crippen LogP contribution in [0.25, 0.3) is 16.9 Å². The van der Waals surface area contributed by atoms with Gasteiger partial charge in [-0.25, -0.2) is 4.98 Å². The average Bonchev–Trinajstić information content (AvgIpc) is 3.25. The van der Waals surface area contributed by atoms with Gasteiger partial charge in [0.25, 0.3) is 0 Å². The van der Waals surface area contributed by atoms with Crippen molar-refractivity contribution in [2.24, 2.45) is 0 Å². The summed E-state index contributed by atoms with van der Waals surface area (Å²) in [7, 11) is 0. The number of fused-ring (bicyclic) bond motifs is 1. The Morgan fingerprint density at radius 2 is 2.11 bits per heavy atom. The highest BCUT2D eigenvalue weighted by Crippen LogP contribution is 2.33. The third kappa shape index (κ3) is 3.54. The summed E-state index contributed by atoms with van der Waals surface area (Å²) in [4.78, 5) is 16.9. The molecule has 8 heteroatoms. The predicted octanol–water partition coefficient (Wildman–Crippen LogP) is 4.52. The van der Waals surface area contributed by atoms with Crippen molar-refractivity contribution in [3.63, 3.8) is 0 Å². The van der Waals surface area contributed by atoms with Gasteiger partial charge in [0.05, 0.1) is 27.9 Å². The summed E-state index contributed by atoms with van der Waals surface area (Å²) in [5.41, 5.74) is 3.97. The van der Waals surface area contributed by atoms with Gasteiger partial charge in [0.15, 0.2) is 5.82 Å². The second-order valence-corrected chi connectivity index (χ2v) is 6.93. The molecule has 0 radical (unpaired) electrons. The van der Waals surface area contributed by atoms with Crippen LogP contribution in [0.5, 0.6) is 0 Å². The number of nitrogens with zero attached hydrogens (tertiary/aromatic N) is 3. The van der Waals surface area contributed by atoms with Gasteiger partial charge in [0.2, 0.25) is 5.91 Å². The van der Waals surface area contributed by atoms with Gasteiger partial charge in [-0.2, -0.15) is 5.10 Å². The SMILES string of the molecule is Cc1cccn2cc(CC(=O)Nc3cc(-c4cccc(Cl)c4Cl)[nH]n3)nc12. The van der Waals surface area contributed by atoms with E-state index in [1.54, 1.807) is 18.2 Å². The highest BCUT2D eigenvalue weighted by atomic mass is 35.5. The van der Waals surface area contributed by atoms with E-state index in [0.29, 0.717) is 32.8 Å². The number of halogens is 2. The molecule has 27 heavy (non-hydrogen) atoms. The summed E-state index contributed by atoms with van der Waals surface area (Å²) >= 11 is 12.3. The lowest BCUT2D eigenvalue weighted by molar-refractivity contribution is -0.115. The molecule has 0 saturated carbocycles. The first-order valence-corrected chi connectivity index (χ1v) is 8.99. The van der Waals surface area contributed by atoms with Crippen LogP contribution in [-0.4, -0.2) is 25.5 Å². The van der Waals surface area contributed by atoms with Crippen molar-refractivity contribution >= 4 is 40.6 Å². The van der Waals surface area contributed by atoms with Gasteiger partial charge < -0.3 is 9.72 Å². The van der Waals surface area contributed by atoms with E-state index in [9.17, 15) is 4.79 Å². The van der Waals surface area contributed by atoms with Gasteiger partial charge in [-0.3, -0.25) is 9.89 Å².